The third kappa shape index (κ3) is 4.01. The Kier molecular flexibility index (Phi) is 5.27. The first-order valence-electron chi connectivity index (χ1n) is 3.34. The maximum atomic E-state index is 4.95. The van der Waals surface area contributed by atoms with Gasteiger partial charge in [-0.05, 0) is 6.42 Å². The Labute approximate surface area is 56.9 Å². The van der Waals surface area contributed by atoms with E-state index in [2.05, 4.69) is 11.9 Å². The van der Waals surface area contributed by atoms with Gasteiger partial charge in [-0.15, -0.1) is 0 Å². The first-order chi connectivity index (χ1) is 4.35. The van der Waals surface area contributed by atoms with Gasteiger partial charge in [-0.3, -0.25) is 4.99 Å². The minimum absolute atomic E-state index is 0.858. The Hall–Kier alpha value is -0.530. The van der Waals surface area contributed by atoms with Crippen molar-refractivity contribution in [1.29, 1.82) is 0 Å². The average Bonchev–Trinajstić information content (AvgIpc) is 1.91. The Balaban J connectivity index is 3.33. The fourth-order valence-corrected chi connectivity index (χ4v) is 0.633. The molecule has 0 aromatic heterocycles. The number of unbranched alkanes of at least 4 members (excludes halogenated alkanes) is 1. The summed E-state index contributed by atoms with van der Waals surface area (Å²) in [6.07, 6.45) is 3.34. The molecule has 0 radical (unpaired) electrons. The molecule has 2 heteroatoms. The highest BCUT2D eigenvalue weighted by Crippen LogP contribution is 1.96. The molecule has 2 nitrogen and oxygen atoms in total. The van der Waals surface area contributed by atoms with Gasteiger partial charge in [-0.2, -0.15) is 0 Å². The SMILES string of the molecule is CCCCC(=NC)OC. The predicted octanol–water partition coefficient (Wildman–Crippen LogP) is 1.85. The van der Waals surface area contributed by atoms with Crippen LogP contribution >= 0.6 is 0 Å². The molecule has 0 aromatic rings. The van der Waals surface area contributed by atoms with Crippen LogP contribution in [0.4, 0.5) is 0 Å². The monoisotopic (exact) mass is 129 g/mol. The number of hydrogen-bond acceptors (Lipinski definition) is 2. The predicted molar refractivity (Wildman–Crippen MR) is 39.9 cm³/mol. The van der Waals surface area contributed by atoms with Crippen LogP contribution in [0.15, 0.2) is 4.99 Å². The smallest absolute Gasteiger partial charge is 0.182 e. The van der Waals surface area contributed by atoms with Crippen LogP contribution in [0.3, 0.4) is 0 Å². The van der Waals surface area contributed by atoms with E-state index in [0.717, 1.165) is 12.3 Å². The van der Waals surface area contributed by atoms with Crippen molar-refractivity contribution in [3.8, 4) is 0 Å². The molecule has 0 rings (SSSR count). The van der Waals surface area contributed by atoms with E-state index in [-0.39, 0.29) is 0 Å². The fraction of sp³-hybridized carbons (Fsp3) is 0.857. The van der Waals surface area contributed by atoms with Crippen molar-refractivity contribution >= 4 is 5.90 Å². The van der Waals surface area contributed by atoms with Gasteiger partial charge < -0.3 is 4.74 Å². The molecular weight excluding hydrogens is 114 g/mol. The van der Waals surface area contributed by atoms with Gasteiger partial charge in [0.15, 0.2) is 5.90 Å². The first-order valence-corrected chi connectivity index (χ1v) is 3.34. The molecule has 0 atom stereocenters. The quantitative estimate of drug-likeness (QED) is 0.421. The van der Waals surface area contributed by atoms with Crippen molar-refractivity contribution in [2.75, 3.05) is 14.2 Å². The van der Waals surface area contributed by atoms with E-state index in [1.807, 2.05) is 0 Å². The maximum Gasteiger partial charge on any atom is 0.182 e. The van der Waals surface area contributed by atoms with Gasteiger partial charge in [0.25, 0.3) is 0 Å². The van der Waals surface area contributed by atoms with Crippen LogP contribution in [0.25, 0.3) is 0 Å². The summed E-state index contributed by atoms with van der Waals surface area (Å²) in [4.78, 5) is 3.94. The number of rotatable bonds is 3. The molecule has 0 unspecified atom stereocenters. The van der Waals surface area contributed by atoms with Crippen molar-refractivity contribution in [2.45, 2.75) is 26.2 Å². The summed E-state index contributed by atoms with van der Waals surface area (Å²) < 4.78 is 4.95. The lowest BCUT2D eigenvalue weighted by molar-refractivity contribution is 0.387. The highest BCUT2D eigenvalue weighted by atomic mass is 16.5. The third-order valence-electron chi connectivity index (χ3n) is 1.23. The summed E-state index contributed by atoms with van der Waals surface area (Å²) in [5.74, 6) is 0.858. The summed E-state index contributed by atoms with van der Waals surface area (Å²) in [5.41, 5.74) is 0. The van der Waals surface area contributed by atoms with E-state index >= 15 is 0 Å². The number of nitrogens with zero attached hydrogens (tertiary/aromatic N) is 1. The van der Waals surface area contributed by atoms with Gasteiger partial charge >= 0.3 is 0 Å². The second kappa shape index (κ2) is 5.60. The van der Waals surface area contributed by atoms with Gasteiger partial charge in [0, 0.05) is 13.5 Å². The number of hydrogen-bond donors (Lipinski definition) is 0. The molecule has 0 aromatic carbocycles. The Morgan fingerprint density at radius 2 is 2.22 bits per heavy atom. The molecule has 0 bridgehead atoms. The van der Waals surface area contributed by atoms with Gasteiger partial charge in [-0.25, -0.2) is 0 Å². The molecule has 0 fully saturated rings. The van der Waals surface area contributed by atoms with E-state index in [9.17, 15) is 0 Å². The van der Waals surface area contributed by atoms with Crippen molar-refractivity contribution in [3.63, 3.8) is 0 Å². The Morgan fingerprint density at radius 1 is 1.56 bits per heavy atom. The number of methoxy groups -OCH3 is 1. The van der Waals surface area contributed by atoms with Crippen LogP contribution in [0.2, 0.25) is 0 Å². The van der Waals surface area contributed by atoms with Crippen LogP contribution in [-0.4, -0.2) is 20.1 Å². The minimum atomic E-state index is 0.858. The maximum absolute atomic E-state index is 4.95. The Bertz CT molecular complexity index is 88.9. The third-order valence-corrected chi connectivity index (χ3v) is 1.23. The highest BCUT2D eigenvalue weighted by Gasteiger charge is 1.92. The molecule has 0 saturated carbocycles. The summed E-state index contributed by atoms with van der Waals surface area (Å²) in [6, 6.07) is 0. The summed E-state index contributed by atoms with van der Waals surface area (Å²) >= 11 is 0. The van der Waals surface area contributed by atoms with E-state index in [1.54, 1.807) is 14.2 Å². The molecule has 54 valence electrons. The van der Waals surface area contributed by atoms with Crippen LogP contribution < -0.4 is 0 Å². The van der Waals surface area contributed by atoms with Crippen LogP contribution in [0.1, 0.15) is 26.2 Å². The second-order valence-corrected chi connectivity index (χ2v) is 1.93. The standard InChI is InChI=1S/C7H15NO/c1-4-5-6-7(8-2)9-3/h4-6H2,1-3H3. The van der Waals surface area contributed by atoms with Crippen LogP contribution in [-0.2, 0) is 4.74 Å². The van der Waals surface area contributed by atoms with E-state index in [4.69, 9.17) is 4.74 Å². The zero-order valence-electron chi connectivity index (χ0n) is 6.48. The van der Waals surface area contributed by atoms with Crippen molar-refractivity contribution in [1.82, 2.24) is 0 Å². The molecule has 9 heavy (non-hydrogen) atoms. The van der Waals surface area contributed by atoms with Crippen molar-refractivity contribution < 1.29 is 4.74 Å². The van der Waals surface area contributed by atoms with Crippen LogP contribution in [0.5, 0.6) is 0 Å². The van der Waals surface area contributed by atoms with E-state index < -0.39 is 0 Å². The van der Waals surface area contributed by atoms with Crippen molar-refractivity contribution in [3.05, 3.63) is 0 Å². The minimum Gasteiger partial charge on any atom is -0.484 e. The average molecular weight is 129 g/mol. The van der Waals surface area contributed by atoms with Gasteiger partial charge in [-0.1, -0.05) is 13.3 Å². The Morgan fingerprint density at radius 3 is 2.56 bits per heavy atom. The lowest BCUT2D eigenvalue weighted by Crippen LogP contribution is -1.99. The van der Waals surface area contributed by atoms with Crippen LogP contribution in [0, 0.1) is 0 Å². The molecule has 0 heterocycles. The number of ether oxygens (including phenoxy) is 1. The molecule has 0 spiro atoms. The zero-order chi connectivity index (χ0) is 7.11. The van der Waals surface area contributed by atoms with Crippen molar-refractivity contribution in [2.24, 2.45) is 4.99 Å². The molecule has 0 N–H and O–H groups in total. The molecule has 0 amide bonds. The summed E-state index contributed by atoms with van der Waals surface area (Å²) in [6.45, 7) is 2.16. The molecule has 0 aliphatic carbocycles. The fourth-order valence-electron chi connectivity index (χ4n) is 0.633. The molecule has 0 saturated heterocycles. The molecular formula is C7H15NO. The van der Waals surface area contributed by atoms with Gasteiger partial charge in [0.2, 0.25) is 0 Å². The van der Waals surface area contributed by atoms with Gasteiger partial charge in [0.1, 0.15) is 0 Å². The number of aliphatic imine (C=N–C) groups is 1. The molecule has 0 aliphatic rings. The second-order valence-electron chi connectivity index (χ2n) is 1.93. The largest absolute Gasteiger partial charge is 0.484 e. The lowest BCUT2D eigenvalue weighted by atomic mass is 10.2. The first kappa shape index (κ1) is 8.47. The topological polar surface area (TPSA) is 21.6 Å². The van der Waals surface area contributed by atoms with E-state index in [0.29, 0.717) is 0 Å². The zero-order valence-corrected chi connectivity index (χ0v) is 6.48. The highest BCUT2D eigenvalue weighted by molar-refractivity contribution is 5.75. The molecule has 0 aliphatic heterocycles. The summed E-state index contributed by atoms with van der Waals surface area (Å²) in [5, 5.41) is 0. The normalized spacial score (nSPS) is 11.7. The van der Waals surface area contributed by atoms with Gasteiger partial charge in [0.05, 0.1) is 7.11 Å². The summed E-state index contributed by atoms with van der Waals surface area (Å²) in [7, 11) is 3.42. The lowest BCUT2D eigenvalue weighted by Gasteiger charge is -2.00. The van der Waals surface area contributed by atoms with E-state index in [1.165, 1.54) is 12.8 Å².